The van der Waals surface area contributed by atoms with Gasteiger partial charge in [-0.1, -0.05) is 48.5 Å². The third-order valence-electron chi connectivity index (χ3n) is 6.46. The summed E-state index contributed by atoms with van der Waals surface area (Å²) in [7, 11) is -1.70. The van der Waals surface area contributed by atoms with Crippen molar-refractivity contribution in [2.75, 3.05) is 20.1 Å². The van der Waals surface area contributed by atoms with Crippen LogP contribution >= 0.6 is 0 Å². The summed E-state index contributed by atoms with van der Waals surface area (Å²) < 4.78 is 27.7. The predicted molar refractivity (Wildman–Crippen MR) is 118 cm³/mol. The lowest BCUT2D eigenvalue weighted by Gasteiger charge is -2.32. The fourth-order valence-electron chi connectivity index (χ4n) is 4.67. The van der Waals surface area contributed by atoms with Gasteiger partial charge < -0.3 is 0 Å². The molecule has 0 radical (unpaired) electrons. The van der Waals surface area contributed by atoms with Gasteiger partial charge in [0.15, 0.2) is 0 Å². The van der Waals surface area contributed by atoms with Crippen molar-refractivity contribution in [3.63, 3.8) is 0 Å². The normalized spacial score (nSPS) is 23.3. The van der Waals surface area contributed by atoms with Gasteiger partial charge in [-0.05, 0) is 61.4 Å². The quantitative estimate of drug-likeness (QED) is 0.737. The Hall–Kier alpha value is -1.95. The molecule has 0 saturated heterocycles. The highest BCUT2D eigenvalue weighted by Gasteiger charge is 2.36. The number of nitrogens with zero attached hydrogens (tertiary/aromatic N) is 2. The van der Waals surface area contributed by atoms with Gasteiger partial charge in [0.2, 0.25) is 10.0 Å². The lowest BCUT2D eigenvalue weighted by molar-refractivity contribution is 0.211. The van der Waals surface area contributed by atoms with Gasteiger partial charge in [0.05, 0.1) is 4.90 Å². The van der Waals surface area contributed by atoms with E-state index in [4.69, 9.17) is 0 Å². The minimum absolute atomic E-state index is 0.0741. The fourth-order valence-corrected chi connectivity index (χ4v) is 6.17. The van der Waals surface area contributed by atoms with E-state index >= 15 is 0 Å². The van der Waals surface area contributed by atoms with Crippen molar-refractivity contribution in [1.29, 1.82) is 0 Å². The SMILES string of the molecule is Cc1cccc(S(=O)(=O)N(C)C2CCC(N3CC=C(c4ccccc4)CC3)C2)c1. The summed E-state index contributed by atoms with van der Waals surface area (Å²) in [4.78, 5) is 2.93. The lowest BCUT2D eigenvalue weighted by atomic mass is 9.98. The molecule has 2 aliphatic rings. The summed E-state index contributed by atoms with van der Waals surface area (Å²) in [6, 6.07) is 18.3. The molecule has 29 heavy (non-hydrogen) atoms. The van der Waals surface area contributed by atoms with Crippen LogP contribution in [0.5, 0.6) is 0 Å². The first-order chi connectivity index (χ1) is 13.9. The van der Waals surface area contributed by atoms with E-state index in [9.17, 15) is 8.42 Å². The van der Waals surface area contributed by atoms with E-state index in [0.717, 1.165) is 44.3 Å². The van der Waals surface area contributed by atoms with Crippen molar-refractivity contribution in [1.82, 2.24) is 9.21 Å². The molecule has 0 spiro atoms. The van der Waals surface area contributed by atoms with Gasteiger partial charge in [-0.2, -0.15) is 4.31 Å². The fraction of sp³-hybridized carbons (Fsp3) is 0.417. The van der Waals surface area contributed by atoms with Crippen molar-refractivity contribution in [3.05, 3.63) is 71.8 Å². The minimum atomic E-state index is -3.44. The zero-order valence-electron chi connectivity index (χ0n) is 17.3. The molecule has 1 heterocycles. The molecule has 154 valence electrons. The highest BCUT2D eigenvalue weighted by atomic mass is 32.2. The van der Waals surface area contributed by atoms with Crippen molar-refractivity contribution < 1.29 is 8.42 Å². The van der Waals surface area contributed by atoms with Crippen LogP contribution in [0.1, 0.15) is 36.8 Å². The zero-order valence-corrected chi connectivity index (χ0v) is 18.1. The Morgan fingerprint density at radius 1 is 1.03 bits per heavy atom. The summed E-state index contributed by atoms with van der Waals surface area (Å²) in [6.07, 6.45) is 6.31. The first-order valence-electron chi connectivity index (χ1n) is 10.5. The third-order valence-corrected chi connectivity index (χ3v) is 8.37. The van der Waals surface area contributed by atoms with Gasteiger partial charge in [0.25, 0.3) is 0 Å². The van der Waals surface area contributed by atoms with Crippen LogP contribution in [-0.2, 0) is 10.0 Å². The minimum Gasteiger partial charge on any atom is -0.296 e. The lowest BCUT2D eigenvalue weighted by Crippen LogP contribution is -2.40. The summed E-state index contributed by atoms with van der Waals surface area (Å²) in [5, 5.41) is 0. The number of hydrogen-bond donors (Lipinski definition) is 0. The monoisotopic (exact) mass is 410 g/mol. The molecule has 2 aromatic carbocycles. The molecule has 1 fully saturated rings. The first kappa shape index (κ1) is 20.3. The summed E-state index contributed by atoms with van der Waals surface area (Å²) >= 11 is 0. The Morgan fingerprint density at radius 2 is 1.83 bits per heavy atom. The Bertz CT molecular complexity index is 985. The molecule has 2 aromatic rings. The highest BCUT2D eigenvalue weighted by molar-refractivity contribution is 7.89. The van der Waals surface area contributed by atoms with Crippen LogP contribution in [0, 0.1) is 6.92 Å². The second kappa shape index (κ2) is 8.42. The predicted octanol–water partition coefficient (Wildman–Crippen LogP) is 4.33. The molecule has 1 aliphatic heterocycles. The maximum atomic E-state index is 13.1. The van der Waals surface area contributed by atoms with Crippen molar-refractivity contribution in [3.8, 4) is 0 Å². The average Bonchev–Trinajstić information content (AvgIpc) is 3.24. The molecule has 4 nitrogen and oxygen atoms in total. The molecular weight excluding hydrogens is 380 g/mol. The van der Waals surface area contributed by atoms with Gasteiger partial charge in [-0.3, -0.25) is 4.90 Å². The second-order valence-corrected chi connectivity index (χ2v) is 10.3. The van der Waals surface area contributed by atoms with Crippen LogP contribution in [0.25, 0.3) is 5.57 Å². The molecule has 1 aliphatic carbocycles. The van der Waals surface area contributed by atoms with E-state index < -0.39 is 10.0 Å². The Kier molecular flexibility index (Phi) is 5.91. The molecule has 0 amide bonds. The van der Waals surface area contributed by atoms with Gasteiger partial charge in [-0.15, -0.1) is 0 Å². The standard InChI is InChI=1S/C24H30N2O2S/c1-19-7-6-10-24(17-19)29(27,28)25(2)22-11-12-23(18-22)26-15-13-21(14-16-26)20-8-4-3-5-9-20/h3-10,13,17,22-23H,11-12,14-16,18H2,1-2H3. The van der Waals surface area contributed by atoms with Crippen LogP contribution in [0.4, 0.5) is 0 Å². The Balaban J connectivity index is 1.40. The van der Waals surface area contributed by atoms with Crippen molar-refractivity contribution in [2.24, 2.45) is 0 Å². The zero-order chi connectivity index (χ0) is 20.4. The average molecular weight is 411 g/mol. The van der Waals surface area contributed by atoms with Gasteiger partial charge in [-0.25, -0.2) is 8.42 Å². The van der Waals surface area contributed by atoms with Crippen molar-refractivity contribution in [2.45, 2.75) is 49.6 Å². The van der Waals surface area contributed by atoms with Crippen LogP contribution in [0.2, 0.25) is 0 Å². The van der Waals surface area contributed by atoms with E-state index in [1.807, 2.05) is 19.1 Å². The van der Waals surface area contributed by atoms with E-state index in [-0.39, 0.29) is 6.04 Å². The number of benzene rings is 2. The number of sulfonamides is 1. The number of aryl methyl sites for hydroxylation is 1. The van der Waals surface area contributed by atoms with Gasteiger partial charge in [0, 0.05) is 32.2 Å². The highest BCUT2D eigenvalue weighted by Crippen LogP contribution is 2.33. The number of hydrogen-bond acceptors (Lipinski definition) is 3. The molecule has 0 aromatic heterocycles. The molecule has 4 rings (SSSR count). The third kappa shape index (κ3) is 4.32. The maximum absolute atomic E-state index is 13.1. The smallest absolute Gasteiger partial charge is 0.243 e. The van der Waals surface area contributed by atoms with Crippen LogP contribution in [0.15, 0.2) is 65.6 Å². The van der Waals surface area contributed by atoms with Crippen molar-refractivity contribution >= 4 is 15.6 Å². The molecule has 5 heteroatoms. The molecule has 0 N–H and O–H groups in total. The van der Waals surface area contributed by atoms with E-state index in [0.29, 0.717) is 10.9 Å². The molecule has 1 saturated carbocycles. The first-order valence-corrected chi connectivity index (χ1v) is 11.9. The van der Waals surface area contributed by atoms with Gasteiger partial charge in [0.1, 0.15) is 0 Å². The molecule has 2 atom stereocenters. The summed E-state index contributed by atoms with van der Waals surface area (Å²) in [6.45, 7) is 3.93. The number of rotatable bonds is 5. The Labute approximate surface area is 174 Å². The molecule has 0 bridgehead atoms. The topological polar surface area (TPSA) is 40.6 Å². The van der Waals surface area contributed by atoms with E-state index in [2.05, 4.69) is 41.3 Å². The summed E-state index contributed by atoms with van der Waals surface area (Å²) in [5.41, 5.74) is 3.72. The van der Waals surface area contributed by atoms with Crippen LogP contribution < -0.4 is 0 Å². The van der Waals surface area contributed by atoms with Crippen LogP contribution in [-0.4, -0.2) is 49.8 Å². The summed E-state index contributed by atoms with van der Waals surface area (Å²) in [5.74, 6) is 0. The maximum Gasteiger partial charge on any atom is 0.243 e. The van der Waals surface area contributed by atoms with E-state index in [1.54, 1.807) is 23.5 Å². The largest absolute Gasteiger partial charge is 0.296 e. The van der Waals surface area contributed by atoms with E-state index in [1.165, 1.54) is 11.1 Å². The van der Waals surface area contributed by atoms with Gasteiger partial charge >= 0.3 is 0 Å². The molecular formula is C24H30N2O2S. The molecule has 2 unspecified atom stereocenters. The Morgan fingerprint density at radius 3 is 2.52 bits per heavy atom. The second-order valence-electron chi connectivity index (χ2n) is 8.30. The van der Waals surface area contributed by atoms with Crippen LogP contribution in [0.3, 0.4) is 0 Å².